The summed E-state index contributed by atoms with van der Waals surface area (Å²) in [6, 6.07) is 8.82. The summed E-state index contributed by atoms with van der Waals surface area (Å²) in [6.45, 7) is 2.89. The van der Waals surface area contributed by atoms with Crippen LogP contribution >= 0.6 is 0 Å². The van der Waals surface area contributed by atoms with Crippen LogP contribution in [-0.2, 0) is 10.0 Å². The van der Waals surface area contributed by atoms with Crippen LogP contribution in [0, 0.1) is 18.6 Å². The van der Waals surface area contributed by atoms with Gasteiger partial charge in [0.1, 0.15) is 23.8 Å². The molecule has 0 radical (unpaired) electrons. The molecular formula is C19H18F2N4O2S. The Kier molecular flexibility index (Phi) is 4.72. The Morgan fingerprint density at radius 3 is 2.25 bits per heavy atom. The molecule has 0 saturated carbocycles. The van der Waals surface area contributed by atoms with E-state index in [9.17, 15) is 17.2 Å². The van der Waals surface area contributed by atoms with E-state index in [2.05, 4.69) is 9.97 Å². The van der Waals surface area contributed by atoms with Gasteiger partial charge in [0.2, 0.25) is 10.0 Å². The molecule has 2 heterocycles. The first-order chi connectivity index (χ1) is 13.4. The molecular weight excluding hydrogens is 386 g/mol. The summed E-state index contributed by atoms with van der Waals surface area (Å²) in [5.41, 5.74) is 1.84. The smallest absolute Gasteiger partial charge is 0.249 e. The van der Waals surface area contributed by atoms with Crippen molar-refractivity contribution in [3.8, 4) is 0 Å². The number of aromatic nitrogens is 2. The Morgan fingerprint density at radius 1 is 0.929 bits per heavy atom. The van der Waals surface area contributed by atoms with Crippen LogP contribution in [0.15, 0.2) is 47.6 Å². The van der Waals surface area contributed by atoms with Gasteiger partial charge in [0, 0.05) is 31.6 Å². The minimum Gasteiger partial charge on any atom is -0.353 e. The van der Waals surface area contributed by atoms with Crippen molar-refractivity contribution in [3.05, 3.63) is 59.9 Å². The third-order valence-electron chi connectivity index (χ3n) is 4.91. The second-order valence-electron chi connectivity index (χ2n) is 6.61. The summed E-state index contributed by atoms with van der Waals surface area (Å²) >= 11 is 0. The van der Waals surface area contributed by atoms with Gasteiger partial charge in [-0.1, -0.05) is 18.2 Å². The first-order valence-electron chi connectivity index (χ1n) is 8.79. The van der Waals surface area contributed by atoms with Crippen molar-refractivity contribution < 1.29 is 17.2 Å². The fourth-order valence-corrected chi connectivity index (χ4v) is 5.03. The number of halogens is 2. The first-order valence-corrected chi connectivity index (χ1v) is 10.2. The normalized spacial score (nSPS) is 15.9. The molecule has 1 aliphatic heterocycles. The molecule has 4 rings (SSSR count). The minimum absolute atomic E-state index is 0.105. The number of hydrogen-bond donors (Lipinski definition) is 0. The molecule has 1 aliphatic rings. The van der Waals surface area contributed by atoms with Crippen LogP contribution in [0.25, 0.3) is 10.9 Å². The second-order valence-corrected chi connectivity index (χ2v) is 8.48. The van der Waals surface area contributed by atoms with Gasteiger partial charge < -0.3 is 4.90 Å². The molecule has 1 saturated heterocycles. The van der Waals surface area contributed by atoms with Crippen LogP contribution in [0.5, 0.6) is 0 Å². The summed E-state index contributed by atoms with van der Waals surface area (Å²) in [7, 11) is -4.26. The molecule has 0 bridgehead atoms. The summed E-state index contributed by atoms with van der Waals surface area (Å²) in [5, 5.41) is 0.918. The summed E-state index contributed by atoms with van der Waals surface area (Å²) < 4.78 is 54.6. The Balaban J connectivity index is 1.61. The zero-order valence-corrected chi connectivity index (χ0v) is 16.0. The number of anilines is 1. The molecule has 0 N–H and O–H groups in total. The van der Waals surface area contributed by atoms with Crippen LogP contribution in [0.2, 0.25) is 0 Å². The molecule has 9 heteroatoms. The van der Waals surface area contributed by atoms with E-state index >= 15 is 0 Å². The van der Waals surface area contributed by atoms with Crippen molar-refractivity contribution in [2.45, 2.75) is 11.8 Å². The molecule has 0 atom stereocenters. The van der Waals surface area contributed by atoms with Gasteiger partial charge in [0.25, 0.3) is 0 Å². The molecule has 28 heavy (non-hydrogen) atoms. The largest absolute Gasteiger partial charge is 0.353 e. The van der Waals surface area contributed by atoms with Gasteiger partial charge in [0.05, 0.1) is 5.52 Å². The number of nitrogens with zero attached hydrogens (tertiary/aromatic N) is 4. The molecule has 2 aromatic carbocycles. The maximum atomic E-state index is 14.0. The van der Waals surface area contributed by atoms with Crippen molar-refractivity contribution in [1.82, 2.24) is 14.3 Å². The number of piperazine rings is 1. The average molecular weight is 404 g/mol. The maximum absolute atomic E-state index is 14.0. The fourth-order valence-electron chi connectivity index (χ4n) is 3.50. The zero-order valence-electron chi connectivity index (χ0n) is 15.1. The van der Waals surface area contributed by atoms with Crippen LogP contribution in [0.1, 0.15) is 5.56 Å². The number of sulfonamides is 1. The van der Waals surface area contributed by atoms with Gasteiger partial charge in [-0.2, -0.15) is 4.31 Å². The first kappa shape index (κ1) is 18.7. The fraction of sp³-hybridized carbons (Fsp3) is 0.263. The standard InChI is InChI=1S/C19H18F2N4O2S/c1-13-4-2-7-16-17(13)19(23-12-22-16)24-8-10-25(11-9-24)28(26,27)18-14(20)5-3-6-15(18)21/h2-7,12H,8-11H2,1H3. The van der Waals surface area contributed by atoms with Crippen molar-refractivity contribution in [2.24, 2.45) is 0 Å². The van der Waals surface area contributed by atoms with E-state index in [-0.39, 0.29) is 13.1 Å². The van der Waals surface area contributed by atoms with Crippen molar-refractivity contribution >= 4 is 26.7 Å². The predicted molar refractivity (Wildman–Crippen MR) is 102 cm³/mol. The van der Waals surface area contributed by atoms with Gasteiger partial charge in [0.15, 0.2) is 4.90 Å². The lowest BCUT2D eigenvalue weighted by Gasteiger charge is -2.35. The van der Waals surface area contributed by atoms with Crippen molar-refractivity contribution in [1.29, 1.82) is 0 Å². The van der Waals surface area contributed by atoms with E-state index in [1.165, 1.54) is 6.33 Å². The van der Waals surface area contributed by atoms with Gasteiger partial charge in [-0.25, -0.2) is 27.2 Å². The van der Waals surface area contributed by atoms with Gasteiger partial charge in [-0.15, -0.1) is 0 Å². The van der Waals surface area contributed by atoms with Crippen molar-refractivity contribution in [2.75, 3.05) is 31.1 Å². The minimum atomic E-state index is -4.26. The Bertz CT molecular complexity index is 1120. The lowest BCUT2D eigenvalue weighted by atomic mass is 10.1. The average Bonchev–Trinajstić information content (AvgIpc) is 2.67. The lowest BCUT2D eigenvalue weighted by molar-refractivity contribution is 0.378. The van der Waals surface area contributed by atoms with E-state index in [4.69, 9.17) is 0 Å². The third-order valence-corrected chi connectivity index (χ3v) is 6.86. The van der Waals surface area contributed by atoms with Gasteiger partial charge in [-0.05, 0) is 30.7 Å². The number of hydrogen-bond acceptors (Lipinski definition) is 5. The SMILES string of the molecule is Cc1cccc2ncnc(N3CCN(S(=O)(=O)c4c(F)cccc4F)CC3)c12. The topological polar surface area (TPSA) is 66.4 Å². The van der Waals surface area contributed by atoms with E-state index in [1.807, 2.05) is 30.0 Å². The van der Waals surface area contributed by atoms with Crippen LogP contribution in [-0.4, -0.2) is 48.9 Å². The van der Waals surface area contributed by atoms with E-state index < -0.39 is 26.6 Å². The molecule has 0 unspecified atom stereocenters. The molecule has 6 nitrogen and oxygen atoms in total. The van der Waals surface area contributed by atoms with E-state index in [0.717, 1.165) is 44.8 Å². The second kappa shape index (κ2) is 7.06. The van der Waals surface area contributed by atoms with E-state index in [0.29, 0.717) is 13.1 Å². The van der Waals surface area contributed by atoms with Crippen LogP contribution in [0.3, 0.4) is 0 Å². The highest BCUT2D eigenvalue weighted by Gasteiger charge is 2.33. The molecule has 146 valence electrons. The quantitative estimate of drug-likeness (QED) is 0.672. The summed E-state index contributed by atoms with van der Waals surface area (Å²) in [6.07, 6.45) is 1.48. The third kappa shape index (κ3) is 3.10. The van der Waals surface area contributed by atoms with Crippen LogP contribution < -0.4 is 4.90 Å². The summed E-state index contributed by atoms with van der Waals surface area (Å²) in [5.74, 6) is -1.43. The predicted octanol–water partition coefficient (Wildman–Crippen LogP) is 2.73. The highest BCUT2D eigenvalue weighted by atomic mass is 32.2. The monoisotopic (exact) mass is 404 g/mol. The Labute approximate surface area is 161 Å². The molecule has 1 fully saturated rings. The molecule has 0 spiro atoms. The maximum Gasteiger partial charge on any atom is 0.249 e. The number of benzene rings is 2. The summed E-state index contributed by atoms with van der Waals surface area (Å²) in [4.78, 5) is 9.75. The van der Waals surface area contributed by atoms with Gasteiger partial charge >= 0.3 is 0 Å². The Morgan fingerprint density at radius 2 is 1.57 bits per heavy atom. The Hall–Kier alpha value is -2.65. The molecule has 0 amide bonds. The van der Waals surface area contributed by atoms with Gasteiger partial charge in [-0.3, -0.25) is 0 Å². The van der Waals surface area contributed by atoms with E-state index in [1.54, 1.807) is 0 Å². The molecule has 1 aromatic heterocycles. The molecule has 0 aliphatic carbocycles. The highest BCUT2D eigenvalue weighted by Crippen LogP contribution is 2.28. The number of fused-ring (bicyclic) bond motifs is 1. The molecule has 3 aromatic rings. The van der Waals surface area contributed by atoms with Crippen LogP contribution in [0.4, 0.5) is 14.6 Å². The lowest BCUT2D eigenvalue weighted by Crippen LogP contribution is -2.49. The number of rotatable bonds is 3. The van der Waals surface area contributed by atoms with Crippen molar-refractivity contribution in [3.63, 3.8) is 0 Å². The zero-order chi connectivity index (χ0) is 19.9. The highest BCUT2D eigenvalue weighted by molar-refractivity contribution is 7.89. The number of aryl methyl sites for hydroxylation is 1.